The first-order valence-corrected chi connectivity index (χ1v) is 9.59. The monoisotopic (exact) mass is 363 g/mol. The number of rotatable bonds is 6. The van der Waals surface area contributed by atoms with E-state index in [-0.39, 0.29) is 17.4 Å². The molecule has 0 saturated heterocycles. The number of aromatic nitrogens is 1. The average molecular weight is 363 g/mol. The van der Waals surface area contributed by atoms with E-state index in [0.717, 1.165) is 23.3 Å². The van der Waals surface area contributed by atoms with Gasteiger partial charge in [-0.3, -0.25) is 4.79 Å². The van der Waals surface area contributed by atoms with Crippen LogP contribution in [0.25, 0.3) is 0 Å². The van der Waals surface area contributed by atoms with Gasteiger partial charge in [0.1, 0.15) is 0 Å². The summed E-state index contributed by atoms with van der Waals surface area (Å²) in [4.78, 5) is 18.4. The first kappa shape index (κ1) is 16.9. The van der Waals surface area contributed by atoms with Crippen LogP contribution in [0, 0.1) is 0 Å². The van der Waals surface area contributed by atoms with Gasteiger partial charge in [0.2, 0.25) is 5.91 Å². The lowest BCUT2D eigenvalue weighted by atomic mass is 9.95. The highest BCUT2D eigenvalue weighted by molar-refractivity contribution is 7.15. The first-order valence-electron chi connectivity index (χ1n) is 8.78. The fourth-order valence-electron chi connectivity index (χ4n) is 3.34. The molecule has 1 saturated carbocycles. The van der Waals surface area contributed by atoms with Crippen molar-refractivity contribution in [1.82, 2.24) is 10.3 Å². The summed E-state index contributed by atoms with van der Waals surface area (Å²) in [5.41, 5.74) is 1.89. The van der Waals surface area contributed by atoms with E-state index >= 15 is 0 Å². The van der Waals surface area contributed by atoms with Crippen molar-refractivity contribution in [2.45, 2.75) is 24.3 Å². The molecule has 3 aromatic rings. The number of carbonyl (C=O) groups is 1. The van der Waals surface area contributed by atoms with E-state index in [9.17, 15) is 4.79 Å². The van der Waals surface area contributed by atoms with E-state index in [1.807, 2.05) is 61.8 Å². The summed E-state index contributed by atoms with van der Waals surface area (Å²) in [6.07, 6.45) is 3.63. The quantitative estimate of drug-likeness (QED) is 0.693. The SMILES string of the molecule is CNC(c1ccccc1)c1cnc(NC(=O)C2(c3ccccc3)CC2)s1. The van der Waals surface area contributed by atoms with Gasteiger partial charge in [-0.25, -0.2) is 4.98 Å². The van der Waals surface area contributed by atoms with Crippen LogP contribution >= 0.6 is 11.3 Å². The molecule has 1 fully saturated rings. The lowest BCUT2D eigenvalue weighted by Gasteiger charge is -2.15. The minimum atomic E-state index is -0.380. The molecular formula is C21H21N3OS. The van der Waals surface area contributed by atoms with Crippen molar-refractivity contribution in [3.63, 3.8) is 0 Å². The third-order valence-corrected chi connectivity index (χ3v) is 5.94. The Bertz CT molecular complexity index is 888. The number of anilines is 1. The largest absolute Gasteiger partial charge is 0.309 e. The Labute approximate surface area is 157 Å². The van der Waals surface area contributed by atoms with Gasteiger partial charge in [-0.2, -0.15) is 0 Å². The molecule has 1 aliphatic rings. The molecule has 1 atom stereocenters. The molecule has 1 heterocycles. The molecule has 0 bridgehead atoms. The number of hydrogen-bond acceptors (Lipinski definition) is 4. The zero-order valence-electron chi connectivity index (χ0n) is 14.6. The van der Waals surface area contributed by atoms with Crippen LogP contribution in [0.1, 0.15) is 34.9 Å². The van der Waals surface area contributed by atoms with E-state index in [1.54, 1.807) is 0 Å². The third kappa shape index (κ3) is 3.16. The summed E-state index contributed by atoms with van der Waals surface area (Å²) in [7, 11) is 1.93. The van der Waals surface area contributed by atoms with Crippen LogP contribution in [-0.2, 0) is 10.2 Å². The van der Waals surface area contributed by atoms with Crippen molar-refractivity contribution in [2.24, 2.45) is 0 Å². The van der Waals surface area contributed by atoms with Crippen LogP contribution in [0.5, 0.6) is 0 Å². The summed E-state index contributed by atoms with van der Waals surface area (Å²) in [5, 5.41) is 7.02. The van der Waals surface area contributed by atoms with Gasteiger partial charge in [0.25, 0.3) is 0 Å². The molecule has 1 aromatic heterocycles. The first-order chi connectivity index (χ1) is 12.7. The molecule has 0 radical (unpaired) electrons. The smallest absolute Gasteiger partial charge is 0.236 e. The van der Waals surface area contributed by atoms with Gasteiger partial charge >= 0.3 is 0 Å². The molecule has 4 rings (SSSR count). The summed E-state index contributed by atoms with van der Waals surface area (Å²) in [6, 6.07) is 20.3. The van der Waals surface area contributed by atoms with Crippen molar-refractivity contribution in [3.05, 3.63) is 82.9 Å². The zero-order valence-corrected chi connectivity index (χ0v) is 15.4. The molecular weight excluding hydrogens is 342 g/mol. The summed E-state index contributed by atoms with van der Waals surface area (Å²) in [5.74, 6) is 0.0466. The Morgan fingerprint density at radius 2 is 1.73 bits per heavy atom. The summed E-state index contributed by atoms with van der Waals surface area (Å²) in [6.45, 7) is 0. The highest BCUT2D eigenvalue weighted by atomic mass is 32.1. The maximum absolute atomic E-state index is 12.9. The predicted molar refractivity (Wildman–Crippen MR) is 105 cm³/mol. The second kappa shape index (κ2) is 7.02. The molecule has 0 aliphatic heterocycles. The van der Waals surface area contributed by atoms with E-state index in [4.69, 9.17) is 0 Å². The molecule has 1 aliphatic carbocycles. The van der Waals surface area contributed by atoms with Crippen molar-refractivity contribution in [1.29, 1.82) is 0 Å². The molecule has 4 nitrogen and oxygen atoms in total. The number of thiazole rings is 1. The fraction of sp³-hybridized carbons (Fsp3) is 0.238. The van der Waals surface area contributed by atoms with Gasteiger partial charge in [0, 0.05) is 11.1 Å². The maximum atomic E-state index is 12.9. The standard InChI is InChI=1S/C21H21N3OS/c1-22-18(15-8-4-2-5-9-15)17-14-23-20(26-17)24-19(25)21(12-13-21)16-10-6-3-7-11-16/h2-11,14,18,22H,12-13H2,1H3,(H,23,24,25). The second-order valence-electron chi connectivity index (χ2n) is 6.60. The lowest BCUT2D eigenvalue weighted by Crippen LogP contribution is -2.27. The molecule has 2 aromatic carbocycles. The van der Waals surface area contributed by atoms with Crippen LogP contribution in [-0.4, -0.2) is 17.9 Å². The number of hydrogen-bond donors (Lipinski definition) is 2. The highest BCUT2D eigenvalue weighted by Gasteiger charge is 2.51. The van der Waals surface area contributed by atoms with Crippen LogP contribution in [0.2, 0.25) is 0 Å². The van der Waals surface area contributed by atoms with E-state index in [1.165, 1.54) is 16.9 Å². The van der Waals surface area contributed by atoms with Crippen molar-refractivity contribution < 1.29 is 4.79 Å². The second-order valence-corrected chi connectivity index (χ2v) is 7.66. The van der Waals surface area contributed by atoms with Crippen molar-refractivity contribution in [3.8, 4) is 0 Å². The average Bonchev–Trinajstić information content (AvgIpc) is 3.39. The highest BCUT2D eigenvalue weighted by Crippen LogP contribution is 2.49. The van der Waals surface area contributed by atoms with Crippen LogP contribution in [0.15, 0.2) is 66.9 Å². The molecule has 0 spiro atoms. The van der Waals surface area contributed by atoms with Crippen LogP contribution < -0.4 is 10.6 Å². The fourth-order valence-corrected chi connectivity index (χ4v) is 4.29. The molecule has 132 valence electrons. The minimum Gasteiger partial charge on any atom is -0.309 e. The third-order valence-electron chi connectivity index (χ3n) is 4.96. The van der Waals surface area contributed by atoms with Gasteiger partial charge < -0.3 is 10.6 Å². The Hall–Kier alpha value is -2.50. The van der Waals surface area contributed by atoms with Gasteiger partial charge in [0.05, 0.1) is 11.5 Å². The summed E-state index contributed by atoms with van der Waals surface area (Å²) >= 11 is 1.52. The number of nitrogens with zero attached hydrogens (tertiary/aromatic N) is 1. The number of benzene rings is 2. The Balaban J connectivity index is 1.51. The van der Waals surface area contributed by atoms with E-state index in [0.29, 0.717) is 5.13 Å². The Morgan fingerprint density at radius 3 is 2.35 bits per heavy atom. The van der Waals surface area contributed by atoms with Crippen molar-refractivity contribution in [2.75, 3.05) is 12.4 Å². The molecule has 26 heavy (non-hydrogen) atoms. The Kier molecular flexibility index (Phi) is 4.57. The number of carbonyl (C=O) groups excluding carboxylic acids is 1. The maximum Gasteiger partial charge on any atom is 0.236 e. The topological polar surface area (TPSA) is 54.0 Å². The molecule has 2 N–H and O–H groups in total. The number of amides is 1. The van der Waals surface area contributed by atoms with Gasteiger partial charge in [-0.15, -0.1) is 0 Å². The van der Waals surface area contributed by atoms with E-state index in [2.05, 4.69) is 27.8 Å². The lowest BCUT2D eigenvalue weighted by molar-refractivity contribution is -0.118. The van der Waals surface area contributed by atoms with Crippen molar-refractivity contribution >= 4 is 22.4 Å². The van der Waals surface area contributed by atoms with Gasteiger partial charge in [0.15, 0.2) is 5.13 Å². The molecule has 1 unspecified atom stereocenters. The normalized spacial score (nSPS) is 16.0. The summed E-state index contributed by atoms with van der Waals surface area (Å²) < 4.78 is 0. The molecule has 1 amide bonds. The van der Waals surface area contributed by atoms with Crippen LogP contribution in [0.4, 0.5) is 5.13 Å². The zero-order chi connectivity index (χ0) is 18.0. The van der Waals surface area contributed by atoms with Gasteiger partial charge in [-0.1, -0.05) is 72.0 Å². The van der Waals surface area contributed by atoms with E-state index < -0.39 is 0 Å². The van der Waals surface area contributed by atoms with Crippen LogP contribution in [0.3, 0.4) is 0 Å². The number of nitrogens with one attached hydrogen (secondary N) is 2. The van der Waals surface area contributed by atoms with Gasteiger partial charge in [-0.05, 0) is 31.0 Å². The predicted octanol–water partition coefficient (Wildman–Crippen LogP) is 4.12. The Morgan fingerprint density at radius 1 is 1.08 bits per heavy atom. The minimum absolute atomic E-state index is 0.0466. The molecule has 5 heteroatoms.